The predicted octanol–water partition coefficient (Wildman–Crippen LogP) is 2.66. The third-order valence-corrected chi connectivity index (χ3v) is 5.24. The number of carbonyl (C=O) groups is 1. The van der Waals surface area contributed by atoms with Gasteiger partial charge in [-0.3, -0.25) is 4.79 Å². The summed E-state index contributed by atoms with van der Waals surface area (Å²) in [7, 11) is 1.75. The molecule has 0 N–H and O–H groups in total. The third kappa shape index (κ3) is 4.12. The molecule has 2 aliphatic heterocycles. The second kappa shape index (κ2) is 7.45. The number of nitrogens with zero attached hydrogens (tertiary/aromatic N) is 1. The zero-order chi connectivity index (χ0) is 16.1. The second-order valence-corrected chi connectivity index (χ2v) is 6.89. The molecule has 4 heteroatoms. The van der Waals surface area contributed by atoms with Gasteiger partial charge in [-0.2, -0.15) is 0 Å². The molecule has 0 aromatic heterocycles. The Morgan fingerprint density at radius 3 is 2.74 bits per heavy atom. The lowest BCUT2D eigenvalue weighted by Crippen LogP contribution is -2.46. The number of likely N-dealkylation sites (tertiary alicyclic amines) is 1. The van der Waals surface area contributed by atoms with Crippen LogP contribution in [0.4, 0.5) is 0 Å². The number of piperidine rings is 1. The third-order valence-electron chi connectivity index (χ3n) is 5.24. The predicted molar refractivity (Wildman–Crippen MR) is 89.2 cm³/mol. The molecule has 23 heavy (non-hydrogen) atoms. The van der Waals surface area contributed by atoms with E-state index in [4.69, 9.17) is 9.47 Å². The Labute approximate surface area is 138 Å². The first-order valence-corrected chi connectivity index (χ1v) is 8.65. The van der Waals surface area contributed by atoms with Crippen LogP contribution in [0.25, 0.3) is 0 Å². The Kier molecular flexibility index (Phi) is 5.34. The highest BCUT2D eigenvalue weighted by Gasteiger charge is 2.42. The maximum absolute atomic E-state index is 12.4. The fourth-order valence-corrected chi connectivity index (χ4v) is 3.80. The van der Waals surface area contributed by atoms with Gasteiger partial charge in [0.15, 0.2) is 0 Å². The minimum atomic E-state index is 0.0158. The number of methoxy groups -OCH3 is 1. The van der Waals surface area contributed by atoms with E-state index in [1.54, 1.807) is 7.11 Å². The number of carbonyl (C=O) groups excluding carboxylic acids is 1. The van der Waals surface area contributed by atoms with Crippen LogP contribution in [-0.2, 0) is 20.7 Å². The smallest absolute Gasteiger partial charge is 0.226 e. The van der Waals surface area contributed by atoms with Crippen LogP contribution < -0.4 is 0 Å². The van der Waals surface area contributed by atoms with Crippen LogP contribution in [0.1, 0.15) is 31.2 Å². The monoisotopic (exact) mass is 317 g/mol. The molecule has 3 rings (SSSR count). The minimum Gasteiger partial charge on any atom is -0.385 e. The summed E-state index contributed by atoms with van der Waals surface area (Å²) in [6, 6.07) is 9.99. The van der Waals surface area contributed by atoms with E-state index in [1.807, 2.05) is 35.2 Å². The molecule has 0 aliphatic carbocycles. The van der Waals surface area contributed by atoms with Crippen LogP contribution in [0.5, 0.6) is 0 Å². The van der Waals surface area contributed by atoms with E-state index in [0.29, 0.717) is 12.3 Å². The number of hydrogen-bond donors (Lipinski definition) is 0. The van der Waals surface area contributed by atoms with Crippen molar-refractivity contribution in [3.8, 4) is 0 Å². The molecule has 4 nitrogen and oxygen atoms in total. The molecule has 2 saturated heterocycles. The maximum atomic E-state index is 12.4. The lowest BCUT2D eigenvalue weighted by atomic mass is 9.84. The van der Waals surface area contributed by atoms with Crippen molar-refractivity contribution in [2.75, 3.05) is 33.4 Å². The molecule has 1 aromatic carbocycles. The molecule has 126 valence electrons. The van der Waals surface area contributed by atoms with Crippen molar-refractivity contribution >= 4 is 5.91 Å². The van der Waals surface area contributed by atoms with Gasteiger partial charge in [0.25, 0.3) is 0 Å². The van der Waals surface area contributed by atoms with Gasteiger partial charge in [0.05, 0.1) is 18.6 Å². The summed E-state index contributed by atoms with van der Waals surface area (Å²) in [5.41, 5.74) is 1.11. The molecular weight excluding hydrogens is 290 g/mol. The highest BCUT2D eigenvalue weighted by atomic mass is 16.5. The largest absolute Gasteiger partial charge is 0.385 e. The fraction of sp³-hybridized carbons (Fsp3) is 0.632. The average molecular weight is 317 g/mol. The first kappa shape index (κ1) is 16.5. The van der Waals surface area contributed by atoms with Crippen molar-refractivity contribution in [1.29, 1.82) is 0 Å². The number of hydrogen-bond acceptors (Lipinski definition) is 3. The number of rotatable bonds is 5. The van der Waals surface area contributed by atoms with Crippen LogP contribution in [-0.4, -0.2) is 49.8 Å². The molecule has 2 heterocycles. The summed E-state index contributed by atoms with van der Waals surface area (Å²) in [5, 5.41) is 0. The summed E-state index contributed by atoms with van der Waals surface area (Å²) in [4.78, 5) is 14.4. The van der Waals surface area contributed by atoms with Gasteiger partial charge in [0.2, 0.25) is 5.91 Å². The fourth-order valence-electron chi connectivity index (χ4n) is 3.80. The van der Waals surface area contributed by atoms with Crippen molar-refractivity contribution in [3.05, 3.63) is 35.9 Å². The van der Waals surface area contributed by atoms with Gasteiger partial charge in [-0.15, -0.1) is 0 Å². The van der Waals surface area contributed by atoms with Gasteiger partial charge >= 0.3 is 0 Å². The highest BCUT2D eigenvalue weighted by molar-refractivity contribution is 5.78. The molecule has 0 unspecified atom stereocenters. The van der Waals surface area contributed by atoms with Gasteiger partial charge in [-0.05, 0) is 37.2 Å². The summed E-state index contributed by atoms with van der Waals surface area (Å²) < 4.78 is 11.3. The van der Waals surface area contributed by atoms with Crippen molar-refractivity contribution in [3.63, 3.8) is 0 Å². The Morgan fingerprint density at radius 2 is 2.04 bits per heavy atom. The SMILES string of the molecule is COCC[C@@H]1COC2(CCN(C(=O)Cc3ccccc3)CC2)C1. The van der Waals surface area contributed by atoms with Crippen molar-refractivity contribution in [2.24, 2.45) is 5.92 Å². The van der Waals surface area contributed by atoms with Crippen LogP contribution in [0.15, 0.2) is 30.3 Å². The van der Waals surface area contributed by atoms with Crippen LogP contribution in [0.3, 0.4) is 0 Å². The van der Waals surface area contributed by atoms with Crippen molar-refractivity contribution in [1.82, 2.24) is 4.90 Å². The lowest BCUT2D eigenvalue weighted by molar-refractivity contribution is -0.135. The molecule has 1 aromatic rings. The summed E-state index contributed by atoms with van der Waals surface area (Å²) >= 11 is 0. The maximum Gasteiger partial charge on any atom is 0.226 e. The van der Waals surface area contributed by atoms with E-state index in [0.717, 1.165) is 57.6 Å². The van der Waals surface area contributed by atoms with Crippen LogP contribution >= 0.6 is 0 Å². The molecule has 1 spiro atoms. The van der Waals surface area contributed by atoms with E-state index in [1.165, 1.54) is 0 Å². The van der Waals surface area contributed by atoms with Gasteiger partial charge < -0.3 is 14.4 Å². The molecule has 1 atom stereocenters. The zero-order valence-electron chi connectivity index (χ0n) is 14.0. The zero-order valence-corrected chi connectivity index (χ0v) is 14.0. The summed E-state index contributed by atoms with van der Waals surface area (Å²) in [6.45, 7) is 3.30. The number of ether oxygens (including phenoxy) is 2. The minimum absolute atomic E-state index is 0.0158. The van der Waals surface area contributed by atoms with E-state index in [2.05, 4.69) is 0 Å². The topological polar surface area (TPSA) is 38.8 Å². The second-order valence-electron chi connectivity index (χ2n) is 6.89. The molecule has 0 bridgehead atoms. The Balaban J connectivity index is 1.48. The van der Waals surface area contributed by atoms with Crippen LogP contribution in [0, 0.1) is 5.92 Å². The number of benzene rings is 1. The summed E-state index contributed by atoms with van der Waals surface area (Å²) in [5.74, 6) is 0.849. The van der Waals surface area contributed by atoms with E-state index in [-0.39, 0.29) is 11.5 Å². The molecule has 0 saturated carbocycles. The van der Waals surface area contributed by atoms with Crippen molar-refractivity contribution < 1.29 is 14.3 Å². The first-order chi connectivity index (χ1) is 11.2. The number of amides is 1. The van der Waals surface area contributed by atoms with Crippen molar-refractivity contribution in [2.45, 2.75) is 37.7 Å². The van der Waals surface area contributed by atoms with Gasteiger partial charge in [0.1, 0.15) is 0 Å². The molecule has 2 fully saturated rings. The van der Waals surface area contributed by atoms with E-state index in [9.17, 15) is 4.79 Å². The standard InChI is InChI=1S/C19H27NO3/c1-22-12-7-17-14-19(23-15-17)8-10-20(11-9-19)18(21)13-16-5-3-2-4-6-16/h2-6,17H,7-15H2,1H3/t17-/m0/s1. The Morgan fingerprint density at radius 1 is 1.30 bits per heavy atom. The Bertz CT molecular complexity index is 509. The normalized spacial score (nSPS) is 23.3. The average Bonchev–Trinajstić information content (AvgIpc) is 2.97. The molecule has 1 amide bonds. The molecular formula is C19H27NO3. The molecule has 0 radical (unpaired) electrons. The Hall–Kier alpha value is -1.39. The van der Waals surface area contributed by atoms with Gasteiger partial charge in [-0.25, -0.2) is 0 Å². The summed E-state index contributed by atoms with van der Waals surface area (Å²) in [6.07, 6.45) is 4.64. The van der Waals surface area contributed by atoms with Gasteiger partial charge in [0, 0.05) is 26.8 Å². The van der Waals surface area contributed by atoms with Crippen LogP contribution in [0.2, 0.25) is 0 Å². The van der Waals surface area contributed by atoms with Gasteiger partial charge in [-0.1, -0.05) is 30.3 Å². The van der Waals surface area contributed by atoms with E-state index < -0.39 is 0 Å². The lowest BCUT2D eigenvalue weighted by Gasteiger charge is -2.38. The molecule has 2 aliphatic rings. The first-order valence-electron chi connectivity index (χ1n) is 8.65. The highest BCUT2D eigenvalue weighted by Crippen LogP contribution is 2.39. The van der Waals surface area contributed by atoms with E-state index >= 15 is 0 Å². The quantitative estimate of drug-likeness (QED) is 0.838.